The number of unbranched alkanes of at least 4 members (excludes halogenated alkanes) is 3. The second kappa shape index (κ2) is 8.11. The first-order valence-corrected chi connectivity index (χ1v) is 9.15. The van der Waals surface area contributed by atoms with Gasteiger partial charge in [0.05, 0.1) is 16.1 Å². The molecule has 2 heterocycles. The molecule has 0 bridgehead atoms. The summed E-state index contributed by atoms with van der Waals surface area (Å²) in [5.74, 6) is 0. The van der Waals surface area contributed by atoms with E-state index in [2.05, 4.69) is 48.3 Å². The maximum Gasteiger partial charge on any atom is 0.0875 e. The average molecular weight is 322 g/mol. The van der Waals surface area contributed by atoms with E-state index < -0.39 is 0 Å². The van der Waals surface area contributed by atoms with Crippen molar-refractivity contribution in [3.05, 3.63) is 60.6 Å². The van der Waals surface area contributed by atoms with E-state index in [1.165, 1.54) is 41.2 Å². The zero-order chi connectivity index (χ0) is 15.9. The minimum absolute atomic E-state index is 1.03. The van der Waals surface area contributed by atoms with Crippen LogP contribution in [0.25, 0.3) is 10.9 Å². The second-order valence-electron chi connectivity index (χ2n) is 5.70. The highest BCUT2D eigenvalue weighted by Gasteiger charge is 2.12. The predicted octanol–water partition coefficient (Wildman–Crippen LogP) is 5.90. The number of aryl methyl sites for hydroxylation is 1. The first kappa shape index (κ1) is 16.0. The second-order valence-corrected chi connectivity index (χ2v) is 6.78. The molecule has 0 saturated heterocycles. The normalized spacial score (nSPS) is 11.0. The first-order valence-electron chi connectivity index (χ1n) is 8.34. The number of rotatable bonds is 7. The summed E-state index contributed by atoms with van der Waals surface area (Å²) < 4.78 is 0. The van der Waals surface area contributed by atoms with Crippen LogP contribution in [0, 0.1) is 0 Å². The summed E-state index contributed by atoms with van der Waals surface area (Å²) in [6, 6.07) is 14.6. The standard InChI is InChI=1S/C20H22N2S/c1-2-3-4-8-13-18-20(23-17-11-6-5-7-12-17)19-16(15-22-18)10-9-14-21-19/h5-7,9-12,14-15H,2-4,8,13H2,1H3. The maximum atomic E-state index is 4.74. The van der Waals surface area contributed by atoms with Crippen molar-refractivity contribution in [1.29, 1.82) is 0 Å². The van der Waals surface area contributed by atoms with Crippen LogP contribution in [-0.4, -0.2) is 9.97 Å². The smallest absolute Gasteiger partial charge is 0.0875 e. The summed E-state index contributed by atoms with van der Waals surface area (Å²) in [5, 5.41) is 1.11. The number of fused-ring (bicyclic) bond motifs is 1. The highest BCUT2D eigenvalue weighted by Crippen LogP contribution is 2.35. The van der Waals surface area contributed by atoms with E-state index in [-0.39, 0.29) is 0 Å². The molecule has 0 fully saturated rings. The van der Waals surface area contributed by atoms with Crippen LogP contribution in [0.1, 0.15) is 38.3 Å². The van der Waals surface area contributed by atoms with Gasteiger partial charge >= 0.3 is 0 Å². The fourth-order valence-electron chi connectivity index (χ4n) is 2.67. The Morgan fingerprint density at radius 1 is 0.913 bits per heavy atom. The fraction of sp³-hybridized carbons (Fsp3) is 0.300. The molecule has 0 atom stereocenters. The molecule has 3 rings (SSSR count). The lowest BCUT2D eigenvalue weighted by atomic mass is 10.1. The van der Waals surface area contributed by atoms with Crippen LogP contribution >= 0.6 is 11.8 Å². The average Bonchev–Trinajstić information content (AvgIpc) is 2.61. The van der Waals surface area contributed by atoms with Gasteiger partial charge in [0.2, 0.25) is 0 Å². The molecule has 0 radical (unpaired) electrons. The molecule has 3 aromatic rings. The van der Waals surface area contributed by atoms with Gasteiger partial charge in [-0.1, -0.05) is 56.1 Å². The molecule has 0 saturated carbocycles. The van der Waals surface area contributed by atoms with Crippen molar-refractivity contribution >= 4 is 22.7 Å². The third kappa shape index (κ3) is 4.11. The molecule has 0 N–H and O–H groups in total. The molecule has 2 aromatic heterocycles. The van der Waals surface area contributed by atoms with Crippen molar-refractivity contribution in [2.75, 3.05) is 0 Å². The van der Waals surface area contributed by atoms with E-state index >= 15 is 0 Å². The van der Waals surface area contributed by atoms with Gasteiger partial charge in [0.1, 0.15) is 0 Å². The van der Waals surface area contributed by atoms with Crippen molar-refractivity contribution < 1.29 is 0 Å². The van der Waals surface area contributed by atoms with E-state index in [0.29, 0.717) is 0 Å². The summed E-state index contributed by atoms with van der Waals surface area (Å²) in [6.45, 7) is 2.24. The Hall–Kier alpha value is -1.87. The molecular formula is C20H22N2S. The quantitative estimate of drug-likeness (QED) is 0.506. The minimum Gasteiger partial charge on any atom is -0.259 e. The molecule has 0 unspecified atom stereocenters. The van der Waals surface area contributed by atoms with Crippen molar-refractivity contribution in [2.24, 2.45) is 0 Å². The van der Waals surface area contributed by atoms with Crippen molar-refractivity contribution in [1.82, 2.24) is 9.97 Å². The van der Waals surface area contributed by atoms with Crippen molar-refractivity contribution in [3.8, 4) is 0 Å². The minimum atomic E-state index is 1.03. The lowest BCUT2D eigenvalue weighted by Crippen LogP contribution is -1.96. The SMILES string of the molecule is CCCCCCc1ncc2cccnc2c1Sc1ccccc1. The van der Waals surface area contributed by atoms with Crippen LogP contribution in [0.4, 0.5) is 0 Å². The summed E-state index contributed by atoms with van der Waals surface area (Å²) in [7, 11) is 0. The first-order chi connectivity index (χ1) is 11.4. The third-order valence-electron chi connectivity index (χ3n) is 3.91. The molecule has 2 nitrogen and oxygen atoms in total. The zero-order valence-corrected chi connectivity index (χ0v) is 14.4. The Kier molecular flexibility index (Phi) is 5.65. The molecule has 0 aliphatic rings. The number of aromatic nitrogens is 2. The molecule has 0 aliphatic heterocycles. The predicted molar refractivity (Wildman–Crippen MR) is 97.9 cm³/mol. The van der Waals surface area contributed by atoms with E-state index in [0.717, 1.165) is 17.3 Å². The highest BCUT2D eigenvalue weighted by molar-refractivity contribution is 7.99. The highest BCUT2D eigenvalue weighted by atomic mass is 32.2. The van der Waals surface area contributed by atoms with Gasteiger partial charge in [0.15, 0.2) is 0 Å². The Morgan fingerprint density at radius 2 is 1.78 bits per heavy atom. The molecule has 0 amide bonds. The van der Waals surface area contributed by atoms with Gasteiger partial charge in [-0.15, -0.1) is 0 Å². The number of pyridine rings is 2. The Balaban J connectivity index is 1.93. The molecule has 0 aliphatic carbocycles. The lowest BCUT2D eigenvalue weighted by molar-refractivity contribution is 0.657. The Morgan fingerprint density at radius 3 is 2.61 bits per heavy atom. The molecule has 0 spiro atoms. The number of benzene rings is 1. The van der Waals surface area contributed by atoms with Crippen LogP contribution in [0.3, 0.4) is 0 Å². The number of hydrogen-bond donors (Lipinski definition) is 0. The van der Waals surface area contributed by atoms with Gasteiger partial charge in [0, 0.05) is 22.7 Å². The topological polar surface area (TPSA) is 25.8 Å². The number of hydrogen-bond acceptors (Lipinski definition) is 3. The number of nitrogens with zero attached hydrogens (tertiary/aromatic N) is 2. The summed E-state index contributed by atoms with van der Waals surface area (Å²) >= 11 is 1.78. The van der Waals surface area contributed by atoms with Crippen LogP contribution < -0.4 is 0 Å². The lowest BCUT2D eigenvalue weighted by Gasteiger charge is -2.11. The van der Waals surface area contributed by atoms with Gasteiger partial charge in [-0.2, -0.15) is 0 Å². The van der Waals surface area contributed by atoms with E-state index in [1.54, 1.807) is 11.8 Å². The molecule has 118 valence electrons. The maximum absolute atomic E-state index is 4.74. The zero-order valence-electron chi connectivity index (χ0n) is 13.5. The Bertz CT molecular complexity index is 756. The van der Waals surface area contributed by atoms with Crippen molar-refractivity contribution in [3.63, 3.8) is 0 Å². The van der Waals surface area contributed by atoms with Gasteiger partial charge in [-0.3, -0.25) is 9.97 Å². The van der Waals surface area contributed by atoms with E-state index in [4.69, 9.17) is 4.98 Å². The molecule has 3 heteroatoms. The van der Waals surface area contributed by atoms with Gasteiger partial charge in [-0.25, -0.2) is 0 Å². The molecular weight excluding hydrogens is 300 g/mol. The monoisotopic (exact) mass is 322 g/mol. The van der Waals surface area contributed by atoms with E-state index in [9.17, 15) is 0 Å². The van der Waals surface area contributed by atoms with E-state index in [1.807, 2.05) is 18.5 Å². The van der Waals surface area contributed by atoms with Gasteiger partial charge in [0.25, 0.3) is 0 Å². The van der Waals surface area contributed by atoms with Crippen molar-refractivity contribution in [2.45, 2.75) is 48.8 Å². The van der Waals surface area contributed by atoms with Crippen LogP contribution in [0.2, 0.25) is 0 Å². The summed E-state index contributed by atoms with van der Waals surface area (Å²) in [4.78, 5) is 11.8. The molecule has 1 aromatic carbocycles. The largest absolute Gasteiger partial charge is 0.259 e. The van der Waals surface area contributed by atoms with Gasteiger partial charge in [-0.05, 0) is 37.1 Å². The van der Waals surface area contributed by atoms with Crippen LogP contribution in [0.15, 0.2) is 64.6 Å². The summed E-state index contributed by atoms with van der Waals surface area (Å²) in [5.41, 5.74) is 2.25. The Labute approximate surface area is 142 Å². The van der Waals surface area contributed by atoms with Crippen LogP contribution in [-0.2, 0) is 6.42 Å². The van der Waals surface area contributed by atoms with Gasteiger partial charge < -0.3 is 0 Å². The third-order valence-corrected chi connectivity index (χ3v) is 5.05. The van der Waals surface area contributed by atoms with Crippen LogP contribution in [0.5, 0.6) is 0 Å². The molecule has 23 heavy (non-hydrogen) atoms. The fourth-order valence-corrected chi connectivity index (χ4v) is 3.73. The summed E-state index contributed by atoms with van der Waals surface area (Å²) in [6.07, 6.45) is 9.90.